The SMILES string of the molecule is O=S1(=O)CCCC1.OC1CCCCC1. The molecule has 2 aliphatic rings. The van der Waals surface area contributed by atoms with Crippen molar-refractivity contribution in [1.29, 1.82) is 0 Å². The van der Waals surface area contributed by atoms with E-state index in [0.29, 0.717) is 11.5 Å². The van der Waals surface area contributed by atoms with Crippen molar-refractivity contribution >= 4 is 9.84 Å². The lowest BCUT2D eigenvalue weighted by Gasteiger charge is -2.14. The number of rotatable bonds is 0. The van der Waals surface area contributed by atoms with Gasteiger partial charge in [0, 0.05) is 0 Å². The molecule has 0 spiro atoms. The summed E-state index contributed by atoms with van der Waals surface area (Å²) in [6.45, 7) is 0. The maximum absolute atomic E-state index is 10.4. The third-order valence-corrected chi connectivity index (χ3v) is 4.56. The van der Waals surface area contributed by atoms with Crippen LogP contribution in [0, 0.1) is 0 Å². The van der Waals surface area contributed by atoms with E-state index in [4.69, 9.17) is 5.11 Å². The summed E-state index contributed by atoms with van der Waals surface area (Å²) < 4.78 is 20.9. The minimum Gasteiger partial charge on any atom is -0.393 e. The second kappa shape index (κ2) is 5.71. The van der Waals surface area contributed by atoms with Crippen LogP contribution in [-0.4, -0.2) is 31.1 Å². The molecule has 0 atom stereocenters. The standard InChI is InChI=1S/C6H12O.C4H8O2S/c7-6-4-2-1-3-5-6;5-7(6)3-1-2-4-7/h6-7H,1-5H2;1-4H2. The molecule has 1 saturated carbocycles. The van der Waals surface area contributed by atoms with E-state index in [0.717, 1.165) is 25.7 Å². The molecule has 1 aliphatic carbocycles. The molecule has 2 rings (SSSR count). The highest BCUT2D eigenvalue weighted by Gasteiger charge is 2.16. The first-order valence-electron chi connectivity index (χ1n) is 5.49. The highest BCUT2D eigenvalue weighted by molar-refractivity contribution is 7.91. The Bertz CT molecular complexity index is 228. The summed E-state index contributed by atoms with van der Waals surface area (Å²) in [6, 6.07) is 0. The number of sulfone groups is 1. The van der Waals surface area contributed by atoms with Gasteiger partial charge in [-0.3, -0.25) is 0 Å². The minimum atomic E-state index is -2.55. The normalized spacial score (nSPS) is 26.6. The van der Waals surface area contributed by atoms with Gasteiger partial charge in [-0.05, 0) is 25.7 Å². The first-order chi connectivity index (χ1) is 6.60. The van der Waals surface area contributed by atoms with E-state index in [-0.39, 0.29) is 6.10 Å². The van der Waals surface area contributed by atoms with Gasteiger partial charge in [0.05, 0.1) is 17.6 Å². The van der Waals surface area contributed by atoms with Crippen LogP contribution in [0.3, 0.4) is 0 Å². The molecule has 1 heterocycles. The fourth-order valence-corrected chi connectivity index (χ4v) is 3.32. The Morgan fingerprint density at radius 2 is 1.36 bits per heavy atom. The second-order valence-electron chi connectivity index (χ2n) is 4.15. The minimum absolute atomic E-state index is 0.0359. The molecule has 0 aromatic carbocycles. The summed E-state index contributed by atoms with van der Waals surface area (Å²) in [6.07, 6.45) is 7.68. The molecular formula is C10H20O3S. The van der Waals surface area contributed by atoms with E-state index in [1.807, 2.05) is 0 Å². The van der Waals surface area contributed by atoms with Crippen LogP contribution in [0.2, 0.25) is 0 Å². The highest BCUT2D eigenvalue weighted by Crippen LogP contribution is 2.16. The lowest BCUT2D eigenvalue weighted by atomic mass is 9.98. The maximum Gasteiger partial charge on any atom is 0.150 e. The van der Waals surface area contributed by atoms with Crippen LogP contribution in [0.25, 0.3) is 0 Å². The van der Waals surface area contributed by atoms with Crippen molar-refractivity contribution in [2.24, 2.45) is 0 Å². The summed E-state index contributed by atoms with van der Waals surface area (Å²) in [5.74, 6) is 0.847. The molecule has 3 nitrogen and oxygen atoms in total. The lowest BCUT2D eigenvalue weighted by molar-refractivity contribution is 0.130. The van der Waals surface area contributed by atoms with Gasteiger partial charge in [0.2, 0.25) is 0 Å². The lowest BCUT2D eigenvalue weighted by Crippen LogP contribution is -2.09. The predicted molar refractivity (Wildman–Crippen MR) is 57.0 cm³/mol. The Labute approximate surface area is 86.4 Å². The molecule has 0 radical (unpaired) electrons. The summed E-state index contributed by atoms with van der Waals surface area (Å²) in [7, 11) is -2.55. The van der Waals surface area contributed by atoms with Crippen LogP contribution in [-0.2, 0) is 9.84 Å². The van der Waals surface area contributed by atoms with E-state index >= 15 is 0 Å². The third kappa shape index (κ3) is 4.96. The molecule has 1 saturated heterocycles. The molecule has 0 aromatic rings. The molecule has 0 bridgehead atoms. The Morgan fingerprint density at radius 1 is 0.857 bits per heavy atom. The molecule has 84 valence electrons. The Balaban J connectivity index is 0.000000140. The van der Waals surface area contributed by atoms with Crippen molar-refractivity contribution < 1.29 is 13.5 Å². The molecular weight excluding hydrogens is 200 g/mol. The molecule has 1 aliphatic heterocycles. The molecule has 14 heavy (non-hydrogen) atoms. The van der Waals surface area contributed by atoms with Crippen molar-refractivity contribution in [1.82, 2.24) is 0 Å². The highest BCUT2D eigenvalue weighted by atomic mass is 32.2. The van der Waals surface area contributed by atoms with Gasteiger partial charge in [0.25, 0.3) is 0 Å². The van der Waals surface area contributed by atoms with Crippen LogP contribution in [0.1, 0.15) is 44.9 Å². The quantitative estimate of drug-likeness (QED) is 0.673. The Kier molecular flexibility index (Phi) is 4.89. The van der Waals surface area contributed by atoms with Crippen molar-refractivity contribution in [3.63, 3.8) is 0 Å². The monoisotopic (exact) mass is 220 g/mol. The van der Waals surface area contributed by atoms with E-state index < -0.39 is 9.84 Å². The molecule has 2 fully saturated rings. The van der Waals surface area contributed by atoms with Crippen LogP contribution in [0.4, 0.5) is 0 Å². The van der Waals surface area contributed by atoms with Crippen LogP contribution in [0.15, 0.2) is 0 Å². The fraction of sp³-hybridized carbons (Fsp3) is 1.00. The van der Waals surface area contributed by atoms with Gasteiger partial charge < -0.3 is 5.11 Å². The summed E-state index contributed by atoms with van der Waals surface area (Å²) >= 11 is 0. The fourth-order valence-electron chi connectivity index (χ4n) is 1.83. The summed E-state index contributed by atoms with van der Waals surface area (Å²) in [5.41, 5.74) is 0. The molecule has 0 aromatic heterocycles. The molecule has 0 amide bonds. The molecule has 1 N–H and O–H groups in total. The van der Waals surface area contributed by atoms with Gasteiger partial charge in [-0.25, -0.2) is 8.42 Å². The Hall–Kier alpha value is -0.0900. The largest absolute Gasteiger partial charge is 0.393 e. The van der Waals surface area contributed by atoms with Crippen LogP contribution < -0.4 is 0 Å². The van der Waals surface area contributed by atoms with Gasteiger partial charge in [-0.2, -0.15) is 0 Å². The van der Waals surface area contributed by atoms with Gasteiger partial charge in [0.15, 0.2) is 0 Å². The number of aliphatic hydroxyl groups is 1. The van der Waals surface area contributed by atoms with Crippen LogP contribution in [0.5, 0.6) is 0 Å². The van der Waals surface area contributed by atoms with Gasteiger partial charge in [-0.15, -0.1) is 0 Å². The van der Waals surface area contributed by atoms with E-state index in [1.165, 1.54) is 19.3 Å². The van der Waals surface area contributed by atoms with E-state index in [1.54, 1.807) is 0 Å². The Morgan fingerprint density at radius 3 is 1.57 bits per heavy atom. The van der Waals surface area contributed by atoms with E-state index in [2.05, 4.69) is 0 Å². The van der Waals surface area contributed by atoms with Crippen LogP contribution >= 0.6 is 0 Å². The number of hydrogen-bond donors (Lipinski definition) is 1. The molecule has 4 heteroatoms. The topological polar surface area (TPSA) is 54.4 Å². The zero-order valence-corrected chi connectivity index (χ0v) is 9.43. The van der Waals surface area contributed by atoms with Gasteiger partial charge >= 0.3 is 0 Å². The van der Waals surface area contributed by atoms with Gasteiger partial charge in [-0.1, -0.05) is 19.3 Å². The second-order valence-corrected chi connectivity index (χ2v) is 6.45. The molecule has 0 unspecified atom stereocenters. The average Bonchev–Trinajstić information content (AvgIpc) is 2.52. The number of hydrogen-bond acceptors (Lipinski definition) is 3. The number of aliphatic hydroxyl groups excluding tert-OH is 1. The van der Waals surface area contributed by atoms with Crippen molar-refractivity contribution in [2.75, 3.05) is 11.5 Å². The van der Waals surface area contributed by atoms with Crippen molar-refractivity contribution in [2.45, 2.75) is 51.0 Å². The zero-order chi connectivity index (χ0) is 10.4. The van der Waals surface area contributed by atoms with Gasteiger partial charge in [0.1, 0.15) is 9.84 Å². The summed E-state index contributed by atoms with van der Waals surface area (Å²) in [5, 5.41) is 8.91. The predicted octanol–water partition coefficient (Wildman–Crippen LogP) is 1.51. The van der Waals surface area contributed by atoms with E-state index in [9.17, 15) is 8.42 Å². The summed E-state index contributed by atoms with van der Waals surface area (Å²) in [4.78, 5) is 0. The third-order valence-electron chi connectivity index (χ3n) is 2.74. The average molecular weight is 220 g/mol. The van der Waals surface area contributed by atoms with Crippen molar-refractivity contribution in [3.8, 4) is 0 Å². The smallest absolute Gasteiger partial charge is 0.150 e. The zero-order valence-electron chi connectivity index (χ0n) is 8.61. The maximum atomic E-state index is 10.4. The van der Waals surface area contributed by atoms with Crippen molar-refractivity contribution in [3.05, 3.63) is 0 Å². The first-order valence-corrected chi connectivity index (χ1v) is 7.31. The first kappa shape index (κ1) is 12.0.